The lowest BCUT2D eigenvalue weighted by Gasteiger charge is -2.22. The minimum absolute atomic E-state index is 0.0204. The average Bonchev–Trinajstić information content (AvgIpc) is 2.73. The van der Waals surface area contributed by atoms with Gasteiger partial charge < -0.3 is 30.2 Å². The van der Waals surface area contributed by atoms with Crippen molar-refractivity contribution in [3.63, 3.8) is 0 Å². The van der Waals surface area contributed by atoms with Gasteiger partial charge >= 0.3 is 5.69 Å². The molecule has 0 saturated carbocycles. The van der Waals surface area contributed by atoms with Crippen LogP contribution in [-0.4, -0.2) is 65.0 Å². The molecule has 1 fully saturated rings. The monoisotopic (exact) mass is 317 g/mol. The van der Waals surface area contributed by atoms with Crippen LogP contribution in [-0.2, 0) is 14.2 Å². The van der Waals surface area contributed by atoms with E-state index in [2.05, 4.69) is 4.98 Å². The van der Waals surface area contributed by atoms with E-state index >= 15 is 0 Å². The number of anilines is 1. The van der Waals surface area contributed by atoms with Gasteiger partial charge in [-0.1, -0.05) is 0 Å². The van der Waals surface area contributed by atoms with Gasteiger partial charge in [-0.2, -0.15) is 4.98 Å². The van der Waals surface area contributed by atoms with Gasteiger partial charge in [-0.05, 0) is 6.92 Å². The number of hydrogen-bond acceptors (Lipinski definition) is 8. The quantitative estimate of drug-likeness (QED) is 0.536. The van der Waals surface area contributed by atoms with E-state index in [1.54, 1.807) is 6.92 Å². The van der Waals surface area contributed by atoms with Crippen molar-refractivity contribution in [2.24, 2.45) is 0 Å². The Balaban J connectivity index is 2.54. The fourth-order valence-electron chi connectivity index (χ4n) is 1.96. The molecule has 0 aliphatic carbocycles. The van der Waals surface area contributed by atoms with Crippen LogP contribution in [0.3, 0.4) is 0 Å². The molecule has 0 unspecified atom stereocenters. The third kappa shape index (κ3) is 3.28. The maximum Gasteiger partial charge on any atom is 0.351 e. The molecule has 0 radical (unpaired) electrons. The zero-order valence-electron chi connectivity index (χ0n) is 14.4. The number of aromatic nitrogens is 2. The van der Waals surface area contributed by atoms with Gasteiger partial charge in [0.25, 0.3) is 0 Å². The standard InChI is InChI=1S/C13H21N3O6/c1-7-5-16(13(19)15-11(7)14)12-10(21-4-3-20-2)9(18)8(6-17)22-12/h5,8-10,12,17-18H,3-4,6H2,1-2H3,(H2,14,15,19)/t8-,9-,10-,12-/m1/s1/i10D,12D. The molecule has 1 aromatic rings. The van der Waals surface area contributed by atoms with Gasteiger partial charge in [0.2, 0.25) is 0 Å². The summed E-state index contributed by atoms with van der Waals surface area (Å²) in [6, 6.07) is 0. The molecule has 1 saturated heterocycles. The molecular formula is C13H21N3O6. The third-order valence-electron chi connectivity index (χ3n) is 3.19. The first-order valence-electron chi connectivity index (χ1n) is 7.67. The Morgan fingerprint density at radius 2 is 2.32 bits per heavy atom. The largest absolute Gasteiger partial charge is 0.394 e. The smallest absolute Gasteiger partial charge is 0.351 e. The van der Waals surface area contributed by atoms with Crippen molar-refractivity contribution in [1.82, 2.24) is 9.55 Å². The van der Waals surface area contributed by atoms with Crippen molar-refractivity contribution in [3.8, 4) is 0 Å². The molecule has 2 heterocycles. The number of aryl methyl sites for hydroxylation is 1. The van der Waals surface area contributed by atoms with E-state index in [1.807, 2.05) is 0 Å². The number of nitrogen functional groups attached to an aromatic ring is 1. The van der Waals surface area contributed by atoms with Gasteiger partial charge in [0.1, 0.15) is 24.1 Å². The highest BCUT2D eigenvalue weighted by Crippen LogP contribution is 2.31. The molecular weight excluding hydrogens is 294 g/mol. The minimum Gasteiger partial charge on any atom is -0.394 e. The van der Waals surface area contributed by atoms with Crippen LogP contribution in [0.5, 0.6) is 0 Å². The Morgan fingerprint density at radius 3 is 2.95 bits per heavy atom. The fraction of sp³-hybridized carbons (Fsp3) is 0.692. The van der Waals surface area contributed by atoms with Crippen molar-refractivity contribution in [1.29, 1.82) is 0 Å². The first kappa shape index (κ1) is 14.1. The number of aliphatic hydroxyl groups is 2. The summed E-state index contributed by atoms with van der Waals surface area (Å²) >= 11 is 0. The van der Waals surface area contributed by atoms with Gasteiger partial charge in [0.15, 0.2) is 6.20 Å². The highest BCUT2D eigenvalue weighted by atomic mass is 16.6. The molecule has 4 N–H and O–H groups in total. The topological polar surface area (TPSA) is 129 Å². The molecule has 124 valence electrons. The van der Waals surface area contributed by atoms with E-state index in [0.29, 0.717) is 5.56 Å². The van der Waals surface area contributed by atoms with Crippen LogP contribution in [0, 0.1) is 6.92 Å². The summed E-state index contributed by atoms with van der Waals surface area (Å²) in [7, 11) is 1.42. The van der Waals surface area contributed by atoms with E-state index in [9.17, 15) is 15.0 Å². The Hall–Kier alpha value is -1.52. The number of nitrogens with zero attached hydrogens (tertiary/aromatic N) is 2. The van der Waals surface area contributed by atoms with Crippen LogP contribution in [0.15, 0.2) is 11.0 Å². The molecule has 0 amide bonds. The summed E-state index contributed by atoms with van der Waals surface area (Å²) in [5.74, 6) is -0.0204. The van der Waals surface area contributed by atoms with E-state index < -0.39 is 36.8 Å². The van der Waals surface area contributed by atoms with Crippen LogP contribution in [0.1, 0.15) is 14.5 Å². The second-order valence-electron chi connectivity index (χ2n) is 4.76. The van der Waals surface area contributed by atoms with E-state index in [1.165, 1.54) is 13.3 Å². The molecule has 9 heteroatoms. The molecule has 1 aliphatic heterocycles. The Morgan fingerprint density at radius 1 is 1.59 bits per heavy atom. The van der Waals surface area contributed by atoms with Gasteiger partial charge in [-0.25, -0.2) is 4.79 Å². The van der Waals surface area contributed by atoms with Gasteiger partial charge in [0.05, 0.1) is 22.6 Å². The molecule has 0 aromatic carbocycles. The lowest BCUT2D eigenvalue weighted by molar-refractivity contribution is -0.0819. The lowest BCUT2D eigenvalue weighted by Crippen LogP contribution is -2.39. The number of ether oxygens (including phenoxy) is 3. The Kier molecular flexibility index (Phi) is 4.59. The van der Waals surface area contributed by atoms with E-state index in [-0.39, 0.29) is 19.0 Å². The molecule has 0 bridgehead atoms. The summed E-state index contributed by atoms with van der Waals surface area (Å²) in [6.07, 6.45) is -6.63. The molecule has 9 nitrogen and oxygen atoms in total. The predicted octanol–water partition coefficient (Wildman–Crippen LogP) is -1.58. The molecule has 4 atom stereocenters. The normalized spacial score (nSPS) is 36.2. The third-order valence-corrected chi connectivity index (χ3v) is 3.19. The second-order valence-corrected chi connectivity index (χ2v) is 4.76. The van der Waals surface area contributed by atoms with E-state index in [4.69, 9.17) is 22.7 Å². The summed E-state index contributed by atoms with van der Waals surface area (Å²) in [6.45, 7) is 0.872. The molecule has 1 aromatic heterocycles. The van der Waals surface area contributed by atoms with Crippen molar-refractivity contribution in [3.05, 3.63) is 22.2 Å². The lowest BCUT2D eigenvalue weighted by atomic mass is 10.1. The van der Waals surface area contributed by atoms with Gasteiger partial charge in [-0.15, -0.1) is 0 Å². The van der Waals surface area contributed by atoms with Crippen LogP contribution >= 0.6 is 0 Å². The molecule has 0 spiro atoms. The van der Waals surface area contributed by atoms with Crippen molar-refractivity contribution in [2.45, 2.75) is 31.4 Å². The summed E-state index contributed by atoms with van der Waals surface area (Å²) in [4.78, 5) is 15.7. The van der Waals surface area contributed by atoms with Crippen molar-refractivity contribution in [2.75, 3.05) is 32.7 Å². The predicted molar refractivity (Wildman–Crippen MR) is 76.3 cm³/mol. The van der Waals surface area contributed by atoms with Crippen LogP contribution in [0.2, 0.25) is 0 Å². The maximum atomic E-state index is 12.2. The highest BCUT2D eigenvalue weighted by molar-refractivity contribution is 5.35. The average molecular weight is 317 g/mol. The zero-order chi connectivity index (χ0) is 18.1. The SMILES string of the molecule is [2H][C@@]1(n2cc(C)c(N)nc2=O)O[C@H](CO)[C@@H](O)[C@@]1([2H])OCCOC. The number of methoxy groups -OCH3 is 1. The van der Waals surface area contributed by atoms with Crippen molar-refractivity contribution >= 4 is 5.82 Å². The molecule has 2 rings (SSSR count). The summed E-state index contributed by atoms with van der Waals surface area (Å²) in [5, 5.41) is 19.6. The summed E-state index contributed by atoms with van der Waals surface area (Å²) in [5.41, 5.74) is 5.01. The number of nitrogens with two attached hydrogens (primary N) is 1. The molecule has 1 aliphatic rings. The fourth-order valence-corrected chi connectivity index (χ4v) is 1.96. The first-order valence-corrected chi connectivity index (χ1v) is 6.67. The molecule has 22 heavy (non-hydrogen) atoms. The van der Waals surface area contributed by atoms with Crippen molar-refractivity contribution < 1.29 is 27.2 Å². The minimum atomic E-state index is -2.48. The van der Waals surface area contributed by atoms with Gasteiger partial charge in [0, 0.05) is 18.9 Å². The number of rotatable bonds is 6. The maximum absolute atomic E-state index is 12.2. The second kappa shape index (κ2) is 7.16. The first-order chi connectivity index (χ1) is 11.2. The number of hydrogen-bond donors (Lipinski definition) is 3. The summed E-state index contributed by atoms with van der Waals surface area (Å²) < 4.78 is 33.1. The Labute approximate surface area is 130 Å². The number of aliphatic hydroxyl groups excluding tert-OH is 2. The van der Waals surface area contributed by atoms with Crippen LogP contribution < -0.4 is 11.4 Å². The van der Waals surface area contributed by atoms with Crippen LogP contribution in [0.4, 0.5) is 5.82 Å². The van der Waals surface area contributed by atoms with E-state index in [0.717, 1.165) is 4.57 Å². The van der Waals surface area contributed by atoms with Gasteiger partial charge in [-0.3, -0.25) is 4.57 Å². The highest BCUT2D eigenvalue weighted by Gasteiger charge is 2.45. The van der Waals surface area contributed by atoms with Crippen LogP contribution in [0.25, 0.3) is 0 Å². The Bertz CT molecular complexity index is 659. The zero-order valence-corrected chi connectivity index (χ0v) is 12.4.